The standard InChI is InChI=1S/C10H13N3O/c1-13-6-8-7(10(14)5-11)3-2-4-9(8)12-13/h2-4,6,10,14H,5,11H2,1H3. The first-order valence-electron chi connectivity index (χ1n) is 4.53. The Morgan fingerprint density at radius 2 is 2.36 bits per heavy atom. The highest BCUT2D eigenvalue weighted by atomic mass is 16.3. The first kappa shape index (κ1) is 9.18. The smallest absolute Gasteiger partial charge is 0.0926 e. The molecule has 2 aromatic rings. The second-order valence-corrected chi connectivity index (χ2v) is 3.33. The molecule has 0 saturated heterocycles. The molecule has 0 radical (unpaired) electrons. The van der Waals surface area contributed by atoms with E-state index in [1.54, 1.807) is 4.68 Å². The number of hydrogen-bond acceptors (Lipinski definition) is 3. The quantitative estimate of drug-likeness (QED) is 0.729. The van der Waals surface area contributed by atoms with E-state index in [0.29, 0.717) is 0 Å². The number of fused-ring (bicyclic) bond motifs is 1. The molecule has 14 heavy (non-hydrogen) atoms. The molecule has 4 nitrogen and oxygen atoms in total. The molecular formula is C10H13N3O. The van der Waals surface area contributed by atoms with Crippen molar-refractivity contribution in [2.24, 2.45) is 12.8 Å². The molecule has 0 aliphatic carbocycles. The van der Waals surface area contributed by atoms with Gasteiger partial charge in [0, 0.05) is 25.2 Å². The van der Waals surface area contributed by atoms with Gasteiger partial charge in [0.1, 0.15) is 0 Å². The van der Waals surface area contributed by atoms with Gasteiger partial charge in [0.25, 0.3) is 0 Å². The van der Waals surface area contributed by atoms with Crippen LogP contribution < -0.4 is 5.73 Å². The molecule has 0 amide bonds. The summed E-state index contributed by atoms with van der Waals surface area (Å²) in [6.45, 7) is 0.230. The van der Waals surface area contributed by atoms with Crippen LogP contribution in [0.2, 0.25) is 0 Å². The van der Waals surface area contributed by atoms with Gasteiger partial charge in [0.2, 0.25) is 0 Å². The monoisotopic (exact) mass is 191 g/mol. The lowest BCUT2D eigenvalue weighted by molar-refractivity contribution is 0.188. The van der Waals surface area contributed by atoms with E-state index in [2.05, 4.69) is 5.10 Å². The topological polar surface area (TPSA) is 64.1 Å². The van der Waals surface area contributed by atoms with E-state index in [-0.39, 0.29) is 6.54 Å². The Morgan fingerprint density at radius 1 is 1.57 bits per heavy atom. The largest absolute Gasteiger partial charge is 0.387 e. The van der Waals surface area contributed by atoms with Crippen LogP contribution in [0.25, 0.3) is 10.9 Å². The third-order valence-corrected chi connectivity index (χ3v) is 2.28. The van der Waals surface area contributed by atoms with Gasteiger partial charge < -0.3 is 10.8 Å². The van der Waals surface area contributed by atoms with Crippen molar-refractivity contribution in [3.8, 4) is 0 Å². The minimum Gasteiger partial charge on any atom is -0.387 e. The molecule has 0 aliphatic rings. The number of aromatic nitrogens is 2. The van der Waals surface area contributed by atoms with Crippen molar-refractivity contribution >= 4 is 10.9 Å². The lowest BCUT2D eigenvalue weighted by atomic mass is 10.1. The lowest BCUT2D eigenvalue weighted by Crippen LogP contribution is -2.11. The fourth-order valence-corrected chi connectivity index (χ4v) is 1.60. The van der Waals surface area contributed by atoms with E-state index in [4.69, 9.17) is 5.73 Å². The number of benzene rings is 1. The maximum absolute atomic E-state index is 9.67. The highest BCUT2D eigenvalue weighted by Crippen LogP contribution is 2.22. The van der Waals surface area contributed by atoms with Crippen LogP contribution in [0.3, 0.4) is 0 Å². The van der Waals surface area contributed by atoms with Crippen LogP contribution in [0.5, 0.6) is 0 Å². The number of aryl methyl sites for hydroxylation is 1. The zero-order valence-electron chi connectivity index (χ0n) is 8.01. The van der Waals surface area contributed by atoms with Crippen molar-refractivity contribution in [2.45, 2.75) is 6.10 Å². The molecule has 1 heterocycles. The molecule has 0 spiro atoms. The summed E-state index contributed by atoms with van der Waals surface area (Å²) in [5, 5.41) is 14.9. The van der Waals surface area contributed by atoms with Gasteiger partial charge in [-0.25, -0.2) is 0 Å². The predicted molar refractivity (Wildman–Crippen MR) is 54.7 cm³/mol. The molecule has 2 rings (SSSR count). The van der Waals surface area contributed by atoms with E-state index in [9.17, 15) is 5.11 Å². The van der Waals surface area contributed by atoms with E-state index < -0.39 is 6.10 Å². The number of nitrogens with zero attached hydrogens (tertiary/aromatic N) is 2. The third-order valence-electron chi connectivity index (χ3n) is 2.28. The second kappa shape index (κ2) is 3.40. The van der Waals surface area contributed by atoms with E-state index in [0.717, 1.165) is 16.5 Å². The molecule has 3 N–H and O–H groups in total. The van der Waals surface area contributed by atoms with Crippen molar-refractivity contribution in [1.82, 2.24) is 9.78 Å². The van der Waals surface area contributed by atoms with E-state index >= 15 is 0 Å². The summed E-state index contributed by atoms with van der Waals surface area (Å²) in [4.78, 5) is 0. The van der Waals surface area contributed by atoms with Crippen LogP contribution in [0.15, 0.2) is 24.4 Å². The minimum atomic E-state index is -0.608. The van der Waals surface area contributed by atoms with Crippen LogP contribution in [-0.2, 0) is 7.05 Å². The van der Waals surface area contributed by atoms with Crippen LogP contribution in [0.1, 0.15) is 11.7 Å². The summed E-state index contributed by atoms with van der Waals surface area (Å²) in [6.07, 6.45) is 1.28. The van der Waals surface area contributed by atoms with Gasteiger partial charge in [-0.3, -0.25) is 4.68 Å². The SMILES string of the molecule is Cn1cc2c(C(O)CN)cccc2n1. The Hall–Kier alpha value is -1.39. The Kier molecular flexibility index (Phi) is 2.23. The molecule has 1 unspecified atom stereocenters. The zero-order chi connectivity index (χ0) is 10.1. The summed E-state index contributed by atoms with van der Waals surface area (Å²) in [5.74, 6) is 0. The summed E-state index contributed by atoms with van der Waals surface area (Å²) in [7, 11) is 1.86. The van der Waals surface area contributed by atoms with Gasteiger partial charge in [0.05, 0.1) is 11.6 Å². The molecular weight excluding hydrogens is 178 g/mol. The van der Waals surface area contributed by atoms with Gasteiger partial charge in [-0.15, -0.1) is 0 Å². The summed E-state index contributed by atoms with van der Waals surface area (Å²) >= 11 is 0. The number of aliphatic hydroxyl groups excluding tert-OH is 1. The zero-order valence-corrected chi connectivity index (χ0v) is 8.01. The van der Waals surface area contributed by atoms with Gasteiger partial charge in [-0.1, -0.05) is 12.1 Å². The fourth-order valence-electron chi connectivity index (χ4n) is 1.60. The van der Waals surface area contributed by atoms with Crippen molar-refractivity contribution in [2.75, 3.05) is 6.54 Å². The average Bonchev–Trinajstić information content (AvgIpc) is 2.56. The van der Waals surface area contributed by atoms with Gasteiger partial charge in [-0.2, -0.15) is 5.10 Å². The molecule has 1 atom stereocenters. The number of rotatable bonds is 2. The third kappa shape index (κ3) is 1.38. The van der Waals surface area contributed by atoms with Crippen molar-refractivity contribution in [1.29, 1.82) is 0 Å². The number of hydrogen-bond donors (Lipinski definition) is 2. The molecule has 1 aromatic heterocycles. The maximum atomic E-state index is 9.67. The summed E-state index contributed by atoms with van der Waals surface area (Å²) in [6, 6.07) is 5.67. The highest BCUT2D eigenvalue weighted by Gasteiger charge is 2.10. The number of nitrogens with two attached hydrogens (primary N) is 1. The van der Waals surface area contributed by atoms with Crippen LogP contribution in [0.4, 0.5) is 0 Å². The molecule has 0 bridgehead atoms. The molecule has 4 heteroatoms. The molecule has 0 saturated carbocycles. The minimum absolute atomic E-state index is 0.230. The Bertz CT molecular complexity index is 450. The van der Waals surface area contributed by atoms with Crippen molar-refractivity contribution in [3.05, 3.63) is 30.0 Å². The molecule has 0 fully saturated rings. The molecule has 0 aliphatic heterocycles. The normalized spacial score (nSPS) is 13.4. The van der Waals surface area contributed by atoms with Gasteiger partial charge in [0.15, 0.2) is 0 Å². The van der Waals surface area contributed by atoms with Crippen LogP contribution in [0, 0.1) is 0 Å². The summed E-state index contributed by atoms with van der Waals surface area (Å²) < 4.78 is 1.73. The van der Waals surface area contributed by atoms with Crippen molar-refractivity contribution < 1.29 is 5.11 Å². The average molecular weight is 191 g/mol. The molecule has 74 valence electrons. The van der Waals surface area contributed by atoms with Crippen LogP contribution in [-0.4, -0.2) is 21.4 Å². The van der Waals surface area contributed by atoms with Gasteiger partial charge >= 0.3 is 0 Å². The Balaban J connectivity index is 2.64. The highest BCUT2D eigenvalue weighted by molar-refractivity contribution is 5.82. The Labute approximate surface area is 81.9 Å². The van der Waals surface area contributed by atoms with E-state index in [1.165, 1.54) is 0 Å². The van der Waals surface area contributed by atoms with Crippen LogP contribution >= 0.6 is 0 Å². The molecule has 1 aromatic carbocycles. The maximum Gasteiger partial charge on any atom is 0.0926 e. The summed E-state index contributed by atoms with van der Waals surface area (Å²) in [5.41, 5.74) is 7.16. The first-order chi connectivity index (χ1) is 6.72. The Morgan fingerprint density at radius 3 is 3.07 bits per heavy atom. The van der Waals surface area contributed by atoms with E-state index in [1.807, 2.05) is 31.4 Å². The fraction of sp³-hybridized carbons (Fsp3) is 0.300. The van der Waals surface area contributed by atoms with Crippen molar-refractivity contribution in [3.63, 3.8) is 0 Å². The predicted octanol–water partition coefficient (Wildman–Crippen LogP) is 0.565. The van der Waals surface area contributed by atoms with Gasteiger partial charge in [-0.05, 0) is 11.6 Å². The first-order valence-corrected chi connectivity index (χ1v) is 4.53. The number of aliphatic hydroxyl groups is 1. The second-order valence-electron chi connectivity index (χ2n) is 3.33. The lowest BCUT2D eigenvalue weighted by Gasteiger charge is -2.08.